The summed E-state index contributed by atoms with van der Waals surface area (Å²) in [5.41, 5.74) is 6.05. The minimum Gasteiger partial charge on any atom is -0.471 e. The molecule has 0 aliphatic carbocycles. The fourth-order valence-electron chi connectivity index (χ4n) is 0.825. The van der Waals surface area contributed by atoms with E-state index < -0.39 is 13.0 Å². The molecule has 1 aromatic rings. The van der Waals surface area contributed by atoms with Gasteiger partial charge in [0.05, 0.1) is 0 Å². The van der Waals surface area contributed by atoms with Gasteiger partial charge in [-0.15, -0.1) is 0 Å². The molecule has 0 bridgehead atoms. The van der Waals surface area contributed by atoms with Gasteiger partial charge >= 0.3 is 0 Å². The summed E-state index contributed by atoms with van der Waals surface area (Å²) in [4.78, 5) is 3.75. The highest BCUT2D eigenvalue weighted by atomic mass is 35.5. The average molecular weight is 223 g/mol. The molecule has 0 saturated heterocycles. The van der Waals surface area contributed by atoms with Crippen molar-refractivity contribution in [1.82, 2.24) is 4.98 Å². The molecule has 0 aromatic carbocycles. The molecule has 6 heteroatoms. The van der Waals surface area contributed by atoms with E-state index in [4.69, 9.17) is 17.3 Å². The maximum absolute atomic E-state index is 11.8. The van der Waals surface area contributed by atoms with E-state index in [2.05, 4.69) is 9.72 Å². The van der Waals surface area contributed by atoms with Gasteiger partial charge in [-0.05, 0) is 11.6 Å². The molecule has 0 amide bonds. The van der Waals surface area contributed by atoms with Crippen LogP contribution < -0.4 is 10.5 Å². The van der Waals surface area contributed by atoms with E-state index in [9.17, 15) is 8.78 Å². The molecule has 0 spiro atoms. The Hall–Kier alpha value is -0.940. The van der Waals surface area contributed by atoms with Crippen LogP contribution in [-0.2, 0) is 6.54 Å². The first-order chi connectivity index (χ1) is 6.63. The third-order valence-electron chi connectivity index (χ3n) is 1.45. The average Bonchev–Trinajstić information content (AvgIpc) is 2.15. The maximum Gasteiger partial charge on any atom is 0.272 e. The summed E-state index contributed by atoms with van der Waals surface area (Å²) < 4.78 is 28.2. The molecule has 0 saturated carbocycles. The largest absolute Gasteiger partial charge is 0.471 e. The minimum absolute atomic E-state index is 0.00386. The first-order valence-electron chi connectivity index (χ1n) is 3.89. The third kappa shape index (κ3) is 3.08. The molecule has 0 aliphatic heterocycles. The van der Waals surface area contributed by atoms with E-state index >= 15 is 0 Å². The summed E-state index contributed by atoms with van der Waals surface area (Å²) >= 11 is 5.70. The summed E-state index contributed by atoms with van der Waals surface area (Å²) in [6, 6.07) is 1.54. The number of hydrogen-bond donors (Lipinski definition) is 1. The molecule has 14 heavy (non-hydrogen) atoms. The van der Waals surface area contributed by atoms with Crippen LogP contribution in [0.5, 0.6) is 5.88 Å². The van der Waals surface area contributed by atoms with Crippen molar-refractivity contribution in [1.29, 1.82) is 0 Å². The van der Waals surface area contributed by atoms with E-state index in [0.29, 0.717) is 6.54 Å². The fourth-order valence-corrected chi connectivity index (χ4v) is 1.07. The molecule has 0 unspecified atom stereocenters. The van der Waals surface area contributed by atoms with Gasteiger partial charge in [0, 0.05) is 12.7 Å². The number of pyridine rings is 1. The van der Waals surface area contributed by atoms with Crippen molar-refractivity contribution in [3.8, 4) is 5.88 Å². The molecule has 0 fully saturated rings. The van der Waals surface area contributed by atoms with Crippen molar-refractivity contribution in [2.45, 2.75) is 13.0 Å². The number of halogens is 3. The number of nitrogens with zero attached hydrogens (tertiary/aromatic N) is 1. The Balaban J connectivity index is 2.69. The third-order valence-corrected chi connectivity index (χ3v) is 1.72. The van der Waals surface area contributed by atoms with Crippen LogP contribution in [0.4, 0.5) is 8.78 Å². The predicted molar refractivity (Wildman–Crippen MR) is 48.6 cm³/mol. The van der Waals surface area contributed by atoms with Gasteiger partial charge < -0.3 is 10.5 Å². The van der Waals surface area contributed by atoms with Crippen LogP contribution in [0.15, 0.2) is 12.3 Å². The lowest BCUT2D eigenvalue weighted by Gasteiger charge is -2.06. The monoisotopic (exact) mass is 222 g/mol. The first kappa shape index (κ1) is 11.1. The number of rotatable bonds is 4. The van der Waals surface area contributed by atoms with Gasteiger partial charge in [-0.25, -0.2) is 13.8 Å². The second-order valence-electron chi connectivity index (χ2n) is 2.54. The molecule has 0 radical (unpaired) electrons. The summed E-state index contributed by atoms with van der Waals surface area (Å²) in [5.74, 6) is 0.00386. The van der Waals surface area contributed by atoms with Gasteiger partial charge in [-0.3, -0.25) is 0 Å². The van der Waals surface area contributed by atoms with Crippen LogP contribution in [0.1, 0.15) is 5.56 Å². The number of ether oxygens (including phenoxy) is 1. The zero-order valence-electron chi connectivity index (χ0n) is 7.21. The lowest BCUT2D eigenvalue weighted by atomic mass is 10.3. The highest BCUT2D eigenvalue weighted by Crippen LogP contribution is 2.22. The van der Waals surface area contributed by atoms with Crippen LogP contribution in [0.25, 0.3) is 0 Å². The van der Waals surface area contributed by atoms with Crippen molar-refractivity contribution in [2.75, 3.05) is 6.61 Å². The molecular formula is C8H9ClF2N2O. The number of aromatic nitrogens is 1. The summed E-state index contributed by atoms with van der Waals surface area (Å²) in [7, 11) is 0. The molecule has 3 nitrogen and oxygen atoms in total. The van der Waals surface area contributed by atoms with E-state index in [0.717, 1.165) is 5.56 Å². The summed E-state index contributed by atoms with van der Waals surface area (Å²) in [6.45, 7) is -0.420. The standard InChI is InChI=1S/C8H9ClF2N2O/c9-6-1-5(2-12)3-13-8(6)14-4-7(10)11/h1,3,7H,2,4,12H2. The Kier molecular flexibility index (Phi) is 4.03. The lowest BCUT2D eigenvalue weighted by molar-refractivity contribution is 0.0796. The molecular weight excluding hydrogens is 214 g/mol. The van der Waals surface area contributed by atoms with Crippen LogP contribution in [0.3, 0.4) is 0 Å². The second kappa shape index (κ2) is 5.07. The SMILES string of the molecule is NCc1cnc(OCC(F)F)c(Cl)c1. The fraction of sp³-hybridized carbons (Fsp3) is 0.375. The zero-order valence-corrected chi connectivity index (χ0v) is 7.97. The molecule has 1 rings (SSSR count). The lowest BCUT2D eigenvalue weighted by Crippen LogP contribution is -2.08. The van der Waals surface area contributed by atoms with Gasteiger partial charge in [-0.2, -0.15) is 0 Å². The molecule has 78 valence electrons. The van der Waals surface area contributed by atoms with Crippen molar-refractivity contribution in [3.63, 3.8) is 0 Å². The van der Waals surface area contributed by atoms with Gasteiger partial charge in [0.25, 0.3) is 6.43 Å². The van der Waals surface area contributed by atoms with Gasteiger partial charge in [-0.1, -0.05) is 11.6 Å². The van der Waals surface area contributed by atoms with Crippen LogP contribution in [0.2, 0.25) is 5.02 Å². The molecule has 0 atom stereocenters. The van der Waals surface area contributed by atoms with Crippen LogP contribution in [0, 0.1) is 0 Å². The Bertz CT molecular complexity index is 309. The van der Waals surface area contributed by atoms with Crippen molar-refractivity contribution >= 4 is 11.6 Å². The first-order valence-corrected chi connectivity index (χ1v) is 4.26. The van der Waals surface area contributed by atoms with E-state index in [1.807, 2.05) is 0 Å². The number of nitrogens with two attached hydrogens (primary N) is 1. The molecule has 1 aromatic heterocycles. The van der Waals surface area contributed by atoms with Crippen LogP contribution in [-0.4, -0.2) is 18.0 Å². The second-order valence-corrected chi connectivity index (χ2v) is 2.94. The van der Waals surface area contributed by atoms with E-state index in [1.54, 1.807) is 0 Å². The summed E-state index contributed by atoms with van der Waals surface area (Å²) in [5, 5.41) is 0.189. The minimum atomic E-state index is -2.54. The highest BCUT2D eigenvalue weighted by molar-refractivity contribution is 6.31. The maximum atomic E-state index is 11.8. The van der Waals surface area contributed by atoms with Gasteiger partial charge in [0.1, 0.15) is 5.02 Å². The topological polar surface area (TPSA) is 48.1 Å². The summed E-state index contributed by atoms with van der Waals surface area (Å²) in [6.07, 6.45) is -1.10. The van der Waals surface area contributed by atoms with Crippen molar-refractivity contribution in [3.05, 3.63) is 22.8 Å². The quantitative estimate of drug-likeness (QED) is 0.846. The Morgan fingerprint density at radius 2 is 2.29 bits per heavy atom. The normalized spacial score (nSPS) is 10.6. The number of hydrogen-bond acceptors (Lipinski definition) is 3. The van der Waals surface area contributed by atoms with Gasteiger partial charge in [0.2, 0.25) is 5.88 Å². The van der Waals surface area contributed by atoms with Crippen LogP contribution >= 0.6 is 11.6 Å². The smallest absolute Gasteiger partial charge is 0.272 e. The van der Waals surface area contributed by atoms with E-state index in [1.165, 1.54) is 12.3 Å². The van der Waals surface area contributed by atoms with Gasteiger partial charge in [0.15, 0.2) is 6.61 Å². The Morgan fingerprint density at radius 3 is 2.79 bits per heavy atom. The van der Waals surface area contributed by atoms with Crippen molar-refractivity contribution < 1.29 is 13.5 Å². The van der Waals surface area contributed by atoms with E-state index in [-0.39, 0.29) is 10.9 Å². The molecule has 0 aliphatic rings. The predicted octanol–water partition coefficient (Wildman–Crippen LogP) is 1.84. The zero-order chi connectivity index (χ0) is 10.6. The van der Waals surface area contributed by atoms with Crippen molar-refractivity contribution in [2.24, 2.45) is 5.73 Å². The Labute approximate surface area is 84.8 Å². The molecule has 2 N–H and O–H groups in total. The Morgan fingerprint density at radius 1 is 1.57 bits per heavy atom. The molecule has 1 heterocycles. The number of alkyl halides is 2. The highest BCUT2D eigenvalue weighted by Gasteiger charge is 2.08.